The van der Waals surface area contributed by atoms with Gasteiger partial charge in [-0.2, -0.15) is 0 Å². The summed E-state index contributed by atoms with van der Waals surface area (Å²) in [5.41, 5.74) is -1.59. The Bertz CT molecular complexity index is 640. The molecule has 1 amide bonds. The second kappa shape index (κ2) is 4.84. The summed E-state index contributed by atoms with van der Waals surface area (Å²) in [5, 5.41) is 12.6. The fourth-order valence-corrected chi connectivity index (χ4v) is 1.39. The van der Waals surface area contributed by atoms with E-state index in [1.807, 2.05) is 5.32 Å². The lowest BCUT2D eigenvalue weighted by atomic mass is 10.2. The van der Waals surface area contributed by atoms with Gasteiger partial charge in [-0.25, -0.2) is 8.78 Å². The number of carbonyl (C=O) groups excluding carboxylic acids is 1. The summed E-state index contributed by atoms with van der Waals surface area (Å²) in [5.74, 6) is -3.91. The maximum atomic E-state index is 13.5. The van der Waals surface area contributed by atoms with Crippen LogP contribution in [0.15, 0.2) is 34.9 Å². The maximum absolute atomic E-state index is 13.5. The third-order valence-corrected chi connectivity index (χ3v) is 2.25. The minimum absolute atomic E-state index is 0.182. The average molecular weight is 268 g/mol. The van der Waals surface area contributed by atoms with Crippen LogP contribution in [-0.2, 0) is 0 Å². The molecule has 0 aliphatic rings. The minimum atomic E-state index is -1.51. The van der Waals surface area contributed by atoms with Crippen LogP contribution < -0.4 is 5.32 Å². The summed E-state index contributed by atoms with van der Waals surface area (Å²) in [6.45, 7) is 0. The first-order valence-corrected chi connectivity index (χ1v) is 4.98. The smallest absolute Gasteiger partial charge is 0.296 e. The molecule has 98 valence electrons. The van der Waals surface area contributed by atoms with E-state index in [2.05, 4.69) is 0 Å². The van der Waals surface area contributed by atoms with Gasteiger partial charge in [0, 0.05) is 6.07 Å². The van der Waals surface area contributed by atoms with Gasteiger partial charge < -0.3 is 9.73 Å². The number of nitrogens with zero attached hydrogens (tertiary/aromatic N) is 1. The van der Waals surface area contributed by atoms with Crippen molar-refractivity contribution in [3.05, 3.63) is 58.0 Å². The quantitative estimate of drug-likeness (QED) is 0.685. The molecule has 0 saturated carbocycles. The summed E-state index contributed by atoms with van der Waals surface area (Å²) in [6, 6.07) is 4.05. The number of amides is 1. The molecule has 6 nitrogen and oxygen atoms in total. The van der Waals surface area contributed by atoms with Crippen molar-refractivity contribution in [2.24, 2.45) is 0 Å². The molecule has 2 aromatic rings. The van der Waals surface area contributed by atoms with Gasteiger partial charge in [0.15, 0.2) is 23.1 Å². The van der Waals surface area contributed by atoms with Crippen LogP contribution in [-0.4, -0.2) is 10.8 Å². The van der Waals surface area contributed by atoms with Crippen LogP contribution in [0.1, 0.15) is 10.6 Å². The summed E-state index contributed by atoms with van der Waals surface area (Å²) < 4.78 is 31.3. The van der Waals surface area contributed by atoms with Gasteiger partial charge in [0.25, 0.3) is 11.6 Å². The lowest BCUT2D eigenvalue weighted by Gasteiger charge is -2.06. The molecule has 0 atom stereocenters. The SMILES string of the molecule is O=C(Nc1c([N+](=O)[O-])ccc(F)c1F)c1ccco1. The molecular weight excluding hydrogens is 262 g/mol. The van der Waals surface area contributed by atoms with E-state index in [4.69, 9.17) is 4.42 Å². The number of rotatable bonds is 3. The van der Waals surface area contributed by atoms with Crippen molar-refractivity contribution < 1.29 is 22.9 Å². The van der Waals surface area contributed by atoms with Gasteiger partial charge in [0.05, 0.1) is 11.2 Å². The summed E-state index contributed by atoms with van der Waals surface area (Å²) in [4.78, 5) is 21.4. The van der Waals surface area contributed by atoms with Crippen LogP contribution >= 0.6 is 0 Å². The molecule has 19 heavy (non-hydrogen) atoms. The predicted octanol–water partition coefficient (Wildman–Crippen LogP) is 2.72. The van der Waals surface area contributed by atoms with Crippen molar-refractivity contribution in [3.63, 3.8) is 0 Å². The molecule has 8 heteroatoms. The van der Waals surface area contributed by atoms with E-state index >= 15 is 0 Å². The van der Waals surface area contributed by atoms with Crippen LogP contribution in [0.3, 0.4) is 0 Å². The number of hydrogen-bond acceptors (Lipinski definition) is 4. The van der Waals surface area contributed by atoms with E-state index in [9.17, 15) is 23.7 Å². The topological polar surface area (TPSA) is 85.4 Å². The van der Waals surface area contributed by atoms with Gasteiger partial charge in [-0.3, -0.25) is 14.9 Å². The third kappa shape index (κ3) is 2.41. The van der Waals surface area contributed by atoms with Crippen LogP contribution in [0.25, 0.3) is 0 Å². The number of anilines is 1. The van der Waals surface area contributed by atoms with Gasteiger partial charge in [0.1, 0.15) is 0 Å². The van der Waals surface area contributed by atoms with Gasteiger partial charge in [-0.15, -0.1) is 0 Å². The third-order valence-electron chi connectivity index (χ3n) is 2.25. The molecule has 0 aliphatic heterocycles. The molecule has 2 rings (SSSR count). The van der Waals surface area contributed by atoms with Gasteiger partial charge >= 0.3 is 0 Å². The number of nitrogens with one attached hydrogen (secondary N) is 1. The molecular formula is C11H6F2N2O4. The Balaban J connectivity index is 2.41. The van der Waals surface area contributed by atoms with E-state index < -0.39 is 33.8 Å². The highest BCUT2D eigenvalue weighted by molar-refractivity contribution is 6.03. The number of furan rings is 1. The van der Waals surface area contributed by atoms with Crippen LogP contribution in [0, 0.1) is 21.7 Å². The highest BCUT2D eigenvalue weighted by Gasteiger charge is 2.24. The normalized spacial score (nSPS) is 10.2. The molecule has 0 unspecified atom stereocenters. The lowest BCUT2D eigenvalue weighted by Crippen LogP contribution is -2.14. The van der Waals surface area contributed by atoms with Crippen molar-refractivity contribution >= 4 is 17.3 Å². The monoisotopic (exact) mass is 268 g/mol. The summed E-state index contributed by atoms with van der Waals surface area (Å²) in [7, 11) is 0. The van der Waals surface area contributed by atoms with Crippen molar-refractivity contribution in [3.8, 4) is 0 Å². The Labute approximate surface area is 104 Å². The first-order valence-electron chi connectivity index (χ1n) is 4.98. The van der Waals surface area contributed by atoms with Gasteiger partial charge in [0.2, 0.25) is 0 Å². The van der Waals surface area contributed by atoms with Crippen molar-refractivity contribution in [1.29, 1.82) is 0 Å². The Kier molecular flexibility index (Phi) is 3.23. The standard InChI is InChI=1S/C11H6F2N2O4/c12-6-3-4-7(15(17)18)10(9(6)13)14-11(16)8-2-1-5-19-8/h1-5H,(H,14,16). The number of carbonyl (C=O) groups is 1. The Hall–Kier alpha value is -2.77. The van der Waals surface area contributed by atoms with Crippen molar-refractivity contribution in [2.45, 2.75) is 0 Å². The largest absolute Gasteiger partial charge is 0.459 e. The first-order chi connectivity index (χ1) is 9.00. The van der Waals surface area contributed by atoms with Crippen molar-refractivity contribution in [2.75, 3.05) is 5.32 Å². The number of halogens is 2. The zero-order valence-corrected chi connectivity index (χ0v) is 9.22. The highest BCUT2D eigenvalue weighted by atomic mass is 19.2. The van der Waals surface area contributed by atoms with Crippen molar-refractivity contribution in [1.82, 2.24) is 0 Å². The van der Waals surface area contributed by atoms with Gasteiger partial charge in [-0.05, 0) is 18.2 Å². The molecule has 0 spiro atoms. The molecule has 1 aromatic heterocycles. The molecule has 1 N–H and O–H groups in total. The average Bonchev–Trinajstić information content (AvgIpc) is 2.88. The van der Waals surface area contributed by atoms with E-state index in [1.165, 1.54) is 18.4 Å². The molecule has 0 saturated heterocycles. The van der Waals surface area contributed by atoms with E-state index in [1.54, 1.807) is 0 Å². The Morgan fingerprint density at radius 3 is 2.63 bits per heavy atom. The second-order valence-electron chi connectivity index (χ2n) is 3.44. The fourth-order valence-electron chi connectivity index (χ4n) is 1.39. The highest BCUT2D eigenvalue weighted by Crippen LogP contribution is 2.29. The molecule has 1 aromatic carbocycles. The van der Waals surface area contributed by atoms with Crippen LogP contribution in [0.2, 0.25) is 0 Å². The van der Waals surface area contributed by atoms with Gasteiger partial charge in [-0.1, -0.05) is 0 Å². The number of nitro groups is 1. The Morgan fingerprint density at radius 2 is 2.05 bits per heavy atom. The maximum Gasteiger partial charge on any atom is 0.296 e. The zero-order valence-electron chi connectivity index (χ0n) is 9.22. The minimum Gasteiger partial charge on any atom is -0.459 e. The molecule has 0 aliphatic carbocycles. The second-order valence-corrected chi connectivity index (χ2v) is 3.44. The zero-order chi connectivity index (χ0) is 14.0. The number of nitro benzene ring substituents is 1. The van der Waals surface area contributed by atoms with Crippen LogP contribution in [0.4, 0.5) is 20.2 Å². The fraction of sp³-hybridized carbons (Fsp3) is 0. The molecule has 0 fully saturated rings. The number of benzene rings is 1. The van der Waals surface area contributed by atoms with Crippen LogP contribution in [0.5, 0.6) is 0 Å². The predicted molar refractivity (Wildman–Crippen MR) is 59.7 cm³/mol. The molecule has 0 bridgehead atoms. The lowest BCUT2D eigenvalue weighted by molar-refractivity contribution is -0.384. The summed E-state index contributed by atoms with van der Waals surface area (Å²) in [6.07, 6.45) is 1.20. The molecule has 0 radical (unpaired) electrons. The van der Waals surface area contributed by atoms with E-state index in [-0.39, 0.29) is 5.76 Å². The first kappa shape index (κ1) is 12.7. The van der Waals surface area contributed by atoms with E-state index in [0.717, 1.165) is 6.07 Å². The summed E-state index contributed by atoms with van der Waals surface area (Å²) >= 11 is 0. The Morgan fingerprint density at radius 1 is 1.32 bits per heavy atom. The van der Waals surface area contributed by atoms with E-state index in [0.29, 0.717) is 6.07 Å². The molecule has 1 heterocycles. The number of hydrogen-bond donors (Lipinski definition) is 1.